The van der Waals surface area contributed by atoms with E-state index in [-0.39, 0.29) is 16.9 Å². The van der Waals surface area contributed by atoms with Gasteiger partial charge in [-0.2, -0.15) is 0 Å². The minimum absolute atomic E-state index is 0.00433. The lowest BCUT2D eigenvalue weighted by Crippen LogP contribution is -2.07. The number of hydrogen-bond donors (Lipinski definition) is 1. The van der Waals surface area contributed by atoms with E-state index in [0.717, 1.165) is 11.3 Å². The molecule has 28 heavy (non-hydrogen) atoms. The van der Waals surface area contributed by atoms with Gasteiger partial charge in [0.1, 0.15) is 11.5 Å². The third kappa shape index (κ3) is 4.51. The number of thiophene rings is 1. The Labute approximate surface area is 162 Å². The standard InChI is InChI=1S/C17H14N4O6S/c1-25-11-7-10(8-12(9-11)26-2)16-19-20-17(27-16)18-14(22)5-3-13-4-6-15(28-13)21(23)24/h3-9H,1-2H3,(H,18,20,22). The summed E-state index contributed by atoms with van der Waals surface area (Å²) in [6.45, 7) is 0. The highest BCUT2D eigenvalue weighted by molar-refractivity contribution is 7.16. The van der Waals surface area contributed by atoms with Gasteiger partial charge in [0, 0.05) is 28.6 Å². The van der Waals surface area contributed by atoms with E-state index in [0.29, 0.717) is 21.9 Å². The molecule has 0 saturated heterocycles. The van der Waals surface area contributed by atoms with Crippen LogP contribution in [0.15, 0.2) is 40.8 Å². The van der Waals surface area contributed by atoms with Crippen LogP contribution in [-0.2, 0) is 4.79 Å². The largest absolute Gasteiger partial charge is 0.497 e. The second kappa shape index (κ2) is 8.31. The maximum Gasteiger partial charge on any atom is 0.324 e. The van der Waals surface area contributed by atoms with Crippen molar-refractivity contribution in [1.82, 2.24) is 10.2 Å². The Kier molecular flexibility index (Phi) is 5.65. The van der Waals surface area contributed by atoms with Crippen LogP contribution < -0.4 is 14.8 Å². The molecule has 0 unspecified atom stereocenters. The number of anilines is 1. The van der Waals surface area contributed by atoms with Gasteiger partial charge in [-0.15, -0.1) is 5.10 Å². The Bertz CT molecular complexity index is 1020. The molecule has 0 saturated carbocycles. The molecule has 2 aromatic heterocycles. The number of nitrogens with zero attached hydrogens (tertiary/aromatic N) is 3. The quantitative estimate of drug-likeness (QED) is 0.362. The van der Waals surface area contributed by atoms with Crippen molar-refractivity contribution in [2.75, 3.05) is 19.5 Å². The van der Waals surface area contributed by atoms with Crippen LogP contribution in [0.25, 0.3) is 17.5 Å². The van der Waals surface area contributed by atoms with Gasteiger partial charge in [0.25, 0.3) is 5.91 Å². The molecule has 0 atom stereocenters. The first kappa shape index (κ1) is 19.0. The van der Waals surface area contributed by atoms with E-state index in [1.54, 1.807) is 24.3 Å². The number of carbonyl (C=O) groups is 1. The zero-order valence-electron chi connectivity index (χ0n) is 14.7. The van der Waals surface area contributed by atoms with Crippen molar-refractivity contribution in [3.8, 4) is 23.0 Å². The van der Waals surface area contributed by atoms with Gasteiger partial charge in [-0.1, -0.05) is 16.4 Å². The molecule has 11 heteroatoms. The molecule has 3 aromatic rings. The number of aromatic nitrogens is 2. The van der Waals surface area contributed by atoms with Crippen LogP contribution in [0.4, 0.5) is 11.0 Å². The number of nitrogens with one attached hydrogen (secondary N) is 1. The first-order chi connectivity index (χ1) is 13.5. The van der Waals surface area contributed by atoms with Crippen molar-refractivity contribution in [2.24, 2.45) is 0 Å². The summed E-state index contributed by atoms with van der Waals surface area (Å²) in [6.07, 6.45) is 2.67. The third-order valence-corrected chi connectivity index (χ3v) is 4.45. The summed E-state index contributed by atoms with van der Waals surface area (Å²) in [5.74, 6) is 0.747. The molecular weight excluding hydrogens is 388 g/mol. The molecule has 1 aromatic carbocycles. The number of ether oxygens (including phenoxy) is 2. The molecule has 0 bridgehead atoms. The minimum Gasteiger partial charge on any atom is -0.497 e. The Morgan fingerprint density at radius 3 is 2.54 bits per heavy atom. The topological polar surface area (TPSA) is 130 Å². The number of amides is 1. The van der Waals surface area contributed by atoms with Gasteiger partial charge < -0.3 is 13.9 Å². The molecule has 3 rings (SSSR count). The molecule has 0 aliphatic heterocycles. The predicted molar refractivity (Wildman–Crippen MR) is 101 cm³/mol. The number of carbonyl (C=O) groups excluding carboxylic acids is 1. The molecule has 1 N–H and O–H groups in total. The summed E-state index contributed by atoms with van der Waals surface area (Å²) in [5, 5.41) is 20.8. The number of methoxy groups -OCH3 is 2. The van der Waals surface area contributed by atoms with Gasteiger partial charge in [0.05, 0.1) is 19.1 Å². The fourth-order valence-corrected chi connectivity index (χ4v) is 2.88. The van der Waals surface area contributed by atoms with Crippen LogP contribution in [0.1, 0.15) is 4.88 Å². The number of benzene rings is 1. The molecule has 1 amide bonds. The number of nitro groups is 1. The molecule has 0 aliphatic rings. The van der Waals surface area contributed by atoms with Crippen LogP contribution in [0.5, 0.6) is 11.5 Å². The SMILES string of the molecule is COc1cc(OC)cc(-c2nnc(NC(=O)C=Cc3ccc([N+](=O)[O-])s3)o2)c1. The van der Waals surface area contributed by atoms with Crippen molar-refractivity contribution >= 4 is 34.3 Å². The summed E-state index contributed by atoms with van der Waals surface area (Å²) in [4.78, 5) is 22.7. The molecule has 0 fully saturated rings. The lowest BCUT2D eigenvalue weighted by Gasteiger charge is -2.05. The highest BCUT2D eigenvalue weighted by Crippen LogP contribution is 2.29. The van der Waals surface area contributed by atoms with Gasteiger partial charge in [-0.3, -0.25) is 20.2 Å². The lowest BCUT2D eigenvalue weighted by atomic mass is 10.2. The van der Waals surface area contributed by atoms with Crippen molar-refractivity contribution in [3.05, 3.63) is 51.4 Å². The van der Waals surface area contributed by atoms with Gasteiger partial charge in [-0.25, -0.2) is 0 Å². The Morgan fingerprint density at radius 1 is 1.21 bits per heavy atom. The zero-order chi connectivity index (χ0) is 20.1. The average molecular weight is 402 g/mol. The van der Waals surface area contributed by atoms with Gasteiger partial charge in [0.2, 0.25) is 5.89 Å². The molecule has 2 heterocycles. The highest BCUT2D eigenvalue weighted by Gasteiger charge is 2.13. The van der Waals surface area contributed by atoms with E-state index in [4.69, 9.17) is 13.9 Å². The summed E-state index contributed by atoms with van der Waals surface area (Å²) in [6, 6.07) is 7.89. The van der Waals surface area contributed by atoms with E-state index < -0.39 is 10.8 Å². The maximum atomic E-state index is 12.0. The molecule has 0 spiro atoms. The minimum atomic E-state index is -0.519. The summed E-state index contributed by atoms with van der Waals surface area (Å²) in [5.41, 5.74) is 0.561. The van der Waals surface area contributed by atoms with Crippen molar-refractivity contribution < 1.29 is 23.6 Å². The fraction of sp³-hybridized carbons (Fsp3) is 0.118. The van der Waals surface area contributed by atoms with Gasteiger partial charge in [-0.05, 0) is 24.3 Å². The summed E-state index contributed by atoms with van der Waals surface area (Å²) >= 11 is 0.957. The highest BCUT2D eigenvalue weighted by atomic mass is 32.1. The first-order valence-electron chi connectivity index (χ1n) is 7.78. The third-order valence-electron chi connectivity index (χ3n) is 3.45. The maximum absolute atomic E-state index is 12.0. The van der Waals surface area contributed by atoms with Crippen LogP contribution in [-0.4, -0.2) is 35.2 Å². The van der Waals surface area contributed by atoms with E-state index in [1.807, 2.05) is 0 Å². The predicted octanol–water partition coefficient (Wildman–Crippen LogP) is 3.38. The second-order valence-electron chi connectivity index (χ2n) is 5.27. The normalized spacial score (nSPS) is 10.8. The number of hydrogen-bond acceptors (Lipinski definition) is 9. The molecular formula is C17H14N4O6S. The molecule has 0 aliphatic carbocycles. The second-order valence-corrected chi connectivity index (χ2v) is 6.36. The Hall–Kier alpha value is -3.73. The van der Waals surface area contributed by atoms with Crippen molar-refractivity contribution in [1.29, 1.82) is 0 Å². The van der Waals surface area contributed by atoms with Crippen LogP contribution in [0.3, 0.4) is 0 Å². The Morgan fingerprint density at radius 2 is 1.93 bits per heavy atom. The van der Waals surface area contributed by atoms with Crippen molar-refractivity contribution in [3.63, 3.8) is 0 Å². The lowest BCUT2D eigenvalue weighted by molar-refractivity contribution is -0.380. The number of rotatable bonds is 7. The molecule has 0 radical (unpaired) electrons. The van der Waals surface area contributed by atoms with E-state index in [1.165, 1.54) is 32.4 Å². The molecule has 144 valence electrons. The molecule has 10 nitrogen and oxygen atoms in total. The average Bonchev–Trinajstić information content (AvgIpc) is 3.35. The van der Waals surface area contributed by atoms with Gasteiger partial charge >= 0.3 is 11.0 Å². The first-order valence-corrected chi connectivity index (χ1v) is 8.60. The van der Waals surface area contributed by atoms with Crippen molar-refractivity contribution in [2.45, 2.75) is 0 Å². The fourth-order valence-electron chi connectivity index (χ4n) is 2.16. The van der Waals surface area contributed by atoms with Crippen LogP contribution >= 0.6 is 11.3 Å². The van der Waals surface area contributed by atoms with Crippen LogP contribution in [0, 0.1) is 10.1 Å². The summed E-state index contributed by atoms with van der Waals surface area (Å²) in [7, 11) is 3.04. The smallest absolute Gasteiger partial charge is 0.324 e. The van der Waals surface area contributed by atoms with Crippen LogP contribution in [0.2, 0.25) is 0 Å². The van der Waals surface area contributed by atoms with E-state index in [2.05, 4.69) is 15.5 Å². The van der Waals surface area contributed by atoms with E-state index >= 15 is 0 Å². The Balaban J connectivity index is 1.69. The monoisotopic (exact) mass is 402 g/mol. The zero-order valence-corrected chi connectivity index (χ0v) is 15.6. The van der Waals surface area contributed by atoms with E-state index in [9.17, 15) is 14.9 Å². The van der Waals surface area contributed by atoms with Gasteiger partial charge in [0.15, 0.2) is 0 Å². The summed E-state index contributed by atoms with van der Waals surface area (Å²) < 4.78 is 15.8.